The Morgan fingerprint density at radius 3 is 2.52 bits per heavy atom. The number of rotatable bonds is 4. The number of aromatic nitrogens is 1. The summed E-state index contributed by atoms with van der Waals surface area (Å²) in [7, 11) is 0. The Kier molecular flexibility index (Phi) is 5.11. The van der Waals surface area contributed by atoms with Gasteiger partial charge in [0.25, 0.3) is 0 Å². The van der Waals surface area contributed by atoms with Gasteiger partial charge in [0, 0.05) is 36.6 Å². The first-order valence-electron chi connectivity index (χ1n) is 8.20. The van der Waals surface area contributed by atoms with Gasteiger partial charge >= 0.3 is 0 Å². The largest absolute Gasteiger partial charge is 0.310 e. The summed E-state index contributed by atoms with van der Waals surface area (Å²) in [5, 5.41) is 7.21. The van der Waals surface area contributed by atoms with E-state index >= 15 is 0 Å². The summed E-state index contributed by atoms with van der Waals surface area (Å²) in [6.07, 6.45) is 2.38. The first-order valence-corrected chi connectivity index (χ1v) is 9.08. The summed E-state index contributed by atoms with van der Waals surface area (Å²) in [6, 6.07) is 0.545. The molecule has 0 radical (unpaired) electrons. The van der Waals surface area contributed by atoms with Crippen LogP contribution in [0, 0.1) is 12.3 Å². The number of hydrogen-bond acceptors (Lipinski definition) is 4. The third-order valence-corrected chi connectivity index (χ3v) is 5.95. The Morgan fingerprint density at radius 1 is 1.38 bits per heavy atom. The van der Waals surface area contributed by atoms with Crippen LogP contribution in [0.4, 0.5) is 0 Å². The lowest BCUT2D eigenvalue weighted by Crippen LogP contribution is -2.66. The van der Waals surface area contributed by atoms with Crippen LogP contribution in [-0.2, 0) is 6.54 Å². The molecule has 2 rings (SSSR count). The molecule has 1 saturated heterocycles. The van der Waals surface area contributed by atoms with E-state index in [0.717, 1.165) is 19.6 Å². The molecule has 21 heavy (non-hydrogen) atoms. The minimum atomic E-state index is 0.277. The van der Waals surface area contributed by atoms with E-state index in [1.165, 1.54) is 23.5 Å². The smallest absolute Gasteiger partial charge is 0.0897 e. The molecule has 1 aliphatic rings. The Balaban J connectivity index is 2.20. The molecule has 0 saturated carbocycles. The van der Waals surface area contributed by atoms with Crippen molar-refractivity contribution in [2.45, 2.75) is 72.5 Å². The van der Waals surface area contributed by atoms with Crippen molar-refractivity contribution in [3.8, 4) is 0 Å². The zero-order valence-electron chi connectivity index (χ0n) is 14.5. The van der Waals surface area contributed by atoms with Gasteiger partial charge in [-0.2, -0.15) is 0 Å². The average Bonchev–Trinajstić information content (AvgIpc) is 2.83. The number of piperazine rings is 1. The maximum absolute atomic E-state index is 4.68. The number of nitrogens with zero attached hydrogens (tertiary/aromatic N) is 2. The summed E-state index contributed by atoms with van der Waals surface area (Å²) in [5.74, 6) is 0. The van der Waals surface area contributed by atoms with Crippen LogP contribution in [-0.4, -0.2) is 34.6 Å². The zero-order chi connectivity index (χ0) is 15.7. The molecule has 0 amide bonds. The van der Waals surface area contributed by atoms with E-state index in [1.807, 2.05) is 0 Å². The van der Waals surface area contributed by atoms with Gasteiger partial charge in [-0.25, -0.2) is 4.98 Å². The average molecular weight is 310 g/mol. The summed E-state index contributed by atoms with van der Waals surface area (Å²) >= 11 is 1.76. The van der Waals surface area contributed by atoms with Crippen molar-refractivity contribution < 1.29 is 0 Å². The lowest BCUT2D eigenvalue weighted by Gasteiger charge is -2.52. The molecule has 1 N–H and O–H groups in total. The Bertz CT molecular complexity index is 457. The first-order chi connectivity index (χ1) is 9.80. The lowest BCUT2D eigenvalue weighted by molar-refractivity contribution is 0.000732. The van der Waals surface area contributed by atoms with Gasteiger partial charge in [0.2, 0.25) is 0 Å². The molecule has 1 aromatic rings. The van der Waals surface area contributed by atoms with Crippen molar-refractivity contribution in [1.82, 2.24) is 15.2 Å². The van der Waals surface area contributed by atoms with Gasteiger partial charge in [-0.1, -0.05) is 34.6 Å². The maximum Gasteiger partial charge on any atom is 0.0897 e. The Labute approximate surface area is 134 Å². The van der Waals surface area contributed by atoms with Gasteiger partial charge in [-0.15, -0.1) is 11.3 Å². The minimum Gasteiger partial charge on any atom is -0.310 e. The zero-order valence-corrected chi connectivity index (χ0v) is 15.3. The van der Waals surface area contributed by atoms with Gasteiger partial charge in [0.1, 0.15) is 0 Å². The van der Waals surface area contributed by atoms with Gasteiger partial charge in [-0.05, 0) is 25.2 Å². The summed E-state index contributed by atoms with van der Waals surface area (Å²) < 4.78 is 0. The molecule has 0 aromatic carbocycles. The predicted molar refractivity (Wildman–Crippen MR) is 91.8 cm³/mol. The van der Waals surface area contributed by atoms with E-state index in [-0.39, 0.29) is 5.54 Å². The third-order valence-electron chi connectivity index (χ3n) is 5.13. The second-order valence-corrected chi connectivity index (χ2v) is 8.53. The number of thiazole rings is 1. The van der Waals surface area contributed by atoms with E-state index in [2.05, 4.69) is 62.1 Å². The van der Waals surface area contributed by atoms with Crippen LogP contribution in [0.3, 0.4) is 0 Å². The van der Waals surface area contributed by atoms with Gasteiger partial charge in [0.05, 0.1) is 10.7 Å². The van der Waals surface area contributed by atoms with E-state index < -0.39 is 0 Å². The highest BCUT2D eigenvalue weighted by Gasteiger charge is 2.41. The molecule has 2 heterocycles. The van der Waals surface area contributed by atoms with Crippen LogP contribution in [0.25, 0.3) is 0 Å². The third kappa shape index (κ3) is 3.66. The normalized spacial score (nSPS) is 23.4. The molecule has 1 aromatic heterocycles. The molecule has 4 heteroatoms. The van der Waals surface area contributed by atoms with Crippen LogP contribution >= 0.6 is 11.3 Å². The fourth-order valence-electron chi connectivity index (χ4n) is 3.34. The van der Waals surface area contributed by atoms with Crippen molar-refractivity contribution in [2.24, 2.45) is 5.41 Å². The monoisotopic (exact) mass is 309 g/mol. The topological polar surface area (TPSA) is 28.2 Å². The molecule has 1 atom stereocenters. The maximum atomic E-state index is 4.68. The Morgan fingerprint density at radius 2 is 2.05 bits per heavy atom. The van der Waals surface area contributed by atoms with E-state index in [4.69, 9.17) is 0 Å². The van der Waals surface area contributed by atoms with Crippen LogP contribution in [0.2, 0.25) is 0 Å². The second-order valence-electron chi connectivity index (χ2n) is 7.47. The summed E-state index contributed by atoms with van der Waals surface area (Å²) in [6.45, 7) is 16.9. The van der Waals surface area contributed by atoms with Gasteiger partial charge < -0.3 is 5.32 Å². The van der Waals surface area contributed by atoms with Crippen molar-refractivity contribution >= 4 is 11.3 Å². The predicted octanol–water partition coefficient (Wildman–Crippen LogP) is 3.83. The van der Waals surface area contributed by atoms with Crippen LogP contribution < -0.4 is 5.32 Å². The number of nitrogens with one attached hydrogen (secondary N) is 1. The molecule has 1 fully saturated rings. The lowest BCUT2D eigenvalue weighted by atomic mass is 9.80. The van der Waals surface area contributed by atoms with Gasteiger partial charge in [0.15, 0.2) is 0 Å². The fourth-order valence-corrected chi connectivity index (χ4v) is 3.94. The quantitative estimate of drug-likeness (QED) is 0.916. The molecule has 1 unspecified atom stereocenters. The molecule has 1 aliphatic heterocycles. The number of hydrogen-bond donors (Lipinski definition) is 1. The molecular weight excluding hydrogens is 278 g/mol. The molecule has 3 nitrogen and oxygen atoms in total. The highest BCUT2D eigenvalue weighted by molar-refractivity contribution is 7.09. The van der Waals surface area contributed by atoms with Crippen LogP contribution in [0.15, 0.2) is 5.38 Å². The molecule has 0 spiro atoms. The van der Waals surface area contributed by atoms with E-state index in [9.17, 15) is 0 Å². The summed E-state index contributed by atoms with van der Waals surface area (Å²) in [5.41, 5.74) is 1.81. The van der Waals surface area contributed by atoms with E-state index in [1.54, 1.807) is 11.3 Å². The van der Waals surface area contributed by atoms with Crippen molar-refractivity contribution in [3.05, 3.63) is 16.1 Å². The van der Waals surface area contributed by atoms with Crippen LogP contribution in [0.5, 0.6) is 0 Å². The van der Waals surface area contributed by atoms with Gasteiger partial charge in [-0.3, -0.25) is 4.90 Å². The molecule has 0 aliphatic carbocycles. The second kappa shape index (κ2) is 6.35. The Hall–Kier alpha value is -0.450. The highest BCUT2D eigenvalue weighted by Crippen LogP contribution is 2.33. The molecule has 0 bridgehead atoms. The van der Waals surface area contributed by atoms with Crippen molar-refractivity contribution in [3.63, 3.8) is 0 Å². The first kappa shape index (κ1) is 16.9. The SMILES string of the molecule is CCC1(CC)CNC(C(C)(C)C)CN1Cc1csc(C)n1. The number of aryl methyl sites for hydroxylation is 1. The standard InChI is InChI=1S/C17H31N3S/c1-7-17(8-2)12-18-15(16(4,5)6)10-20(17)9-14-11-21-13(3)19-14/h11,15,18H,7-10,12H2,1-6H3. The molecule has 120 valence electrons. The van der Waals surface area contributed by atoms with Crippen molar-refractivity contribution in [2.75, 3.05) is 13.1 Å². The fraction of sp³-hybridized carbons (Fsp3) is 0.824. The summed E-state index contributed by atoms with van der Waals surface area (Å²) in [4.78, 5) is 7.37. The molecular formula is C17H31N3S. The minimum absolute atomic E-state index is 0.277. The highest BCUT2D eigenvalue weighted by atomic mass is 32.1. The van der Waals surface area contributed by atoms with E-state index in [0.29, 0.717) is 11.5 Å². The van der Waals surface area contributed by atoms with Crippen LogP contribution in [0.1, 0.15) is 58.2 Å². The van der Waals surface area contributed by atoms with Crippen molar-refractivity contribution in [1.29, 1.82) is 0 Å².